The van der Waals surface area contributed by atoms with Crippen LogP contribution in [0.25, 0.3) is 10.8 Å². The van der Waals surface area contributed by atoms with Gasteiger partial charge in [-0.05, 0) is 29.9 Å². The minimum Gasteiger partial charge on any atom is -0.274 e. The van der Waals surface area contributed by atoms with Crippen LogP contribution in [0, 0.1) is 5.92 Å². The Morgan fingerprint density at radius 3 is 2.00 bits per heavy atom. The Morgan fingerprint density at radius 1 is 0.833 bits per heavy atom. The van der Waals surface area contributed by atoms with E-state index in [2.05, 4.69) is 13.8 Å². The molecule has 126 valence electrons. The predicted molar refractivity (Wildman–Crippen MR) is 97.2 cm³/mol. The molecule has 0 fully saturated rings. The van der Waals surface area contributed by atoms with E-state index in [1.54, 1.807) is 0 Å². The monoisotopic (exact) mass is 323 g/mol. The predicted octanol–water partition coefficient (Wildman–Crippen LogP) is 5.04. The van der Waals surface area contributed by atoms with E-state index in [0.717, 1.165) is 29.5 Å². The Morgan fingerprint density at radius 2 is 1.42 bits per heavy atom. The molecule has 2 amide bonds. The molecule has 1 aliphatic heterocycles. The molecule has 24 heavy (non-hydrogen) atoms. The van der Waals surface area contributed by atoms with E-state index in [4.69, 9.17) is 0 Å². The highest BCUT2D eigenvalue weighted by Crippen LogP contribution is 2.30. The normalized spacial score (nSPS) is 14.0. The first kappa shape index (κ1) is 16.7. The van der Waals surface area contributed by atoms with E-state index in [1.165, 1.54) is 24.2 Å². The number of hydrogen-bond acceptors (Lipinski definition) is 2. The highest BCUT2D eigenvalue weighted by atomic mass is 16.2. The van der Waals surface area contributed by atoms with Gasteiger partial charge in [-0.2, -0.15) is 0 Å². The first-order chi connectivity index (χ1) is 11.6. The third-order valence-corrected chi connectivity index (χ3v) is 4.77. The van der Waals surface area contributed by atoms with Crippen LogP contribution in [0.15, 0.2) is 36.4 Å². The molecule has 3 nitrogen and oxygen atoms in total. The van der Waals surface area contributed by atoms with E-state index >= 15 is 0 Å². The maximum atomic E-state index is 12.7. The van der Waals surface area contributed by atoms with Crippen molar-refractivity contribution in [3.05, 3.63) is 47.5 Å². The average molecular weight is 323 g/mol. The molecule has 0 spiro atoms. The molecular weight excluding hydrogens is 298 g/mol. The quantitative estimate of drug-likeness (QED) is 0.528. The number of carbonyl (C=O) groups excluding carboxylic acids is 2. The van der Waals surface area contributed by atoms with Crippen molar-refractivity contribution in [1.82, 2.24) is 4.90 Å². The van der Waals surface area contributed by atoms with Crippen LogP contribution in [0.1, 0.15) is 66.7 Å². The number of imide groups is 1. The molecular formula is C21H25NO2. The van der Waals surface area contributed by atoms with Crippen LogP contribution in [0.4, 0.5) is 0 Å². The summed E-state index contributed by atoms with van der Waals surface area (Å²) >= 11 is 0. The van der Waals surface area contributed by atoms with Gasteiger partial charge in [-0.1, -0.05) is 63.8 Å². The molecule has 0 unspecified atom stereocenters. The largest absolute Gasteiger partial charge is 0.274 e. The van der Waals surface area contributed by atoms with Gasteiger partial charge in [-0.3, -0.25) is 14.5 Å². The number of nitrogens with zero attached hydrogens (tertiary/aromatic N) is 1. The molecule has 1 aliphatic rings. The smallest absolute Gasteiger partial charge is 0.261 e. The Bertz CT molecular complexity index is 713. The summed E-state index contributed by atoms with van der Waals surface area (Å²) in [5.41, 5.74) is 1.31. The second-order valence-corrected chi connectivity index (χ2v) is 7.07. The lowest BCUT2D eigenvalue weighted by atomic mass is 9.94. The topological polar surface area (TPSA) is 37.4 Å². The van der Waals surface area contributed by atoms with Gasteiger partial charge in [0.15, 0.2) is 0 Å². The zero-order chi connectivity index (χ0) is 17.1. The van der Waals surface area contributed by atoms with E-state index in [-0.39, 0.29) is 11.8 Å². The molecule has 0 aromatic heterocycles. The number of hydrogen-bond donors (Lipinski definition) is 0. The van der Waals surface area contributed by atoms with Crippen molar-refractivity contribution in [1.29, 1.82) is 0 Å². The van der Waals surface area contributed by atoms with Crippen molar-refractivity contribution < 1.29 is 9.59 Å². The first-order valence-corrected chi connectivity index (χ1v) is 8.97. The Labute approximate surface area is 143 Å². The second kappa shape index (κ2) is 7.16. The van der Waals surface area contributed by atoms with E-state index in [1.807, 2.05) is 36.4 Å². The Hall–Kier alpha value is -2.16. The van der Waals surface area contributed by atoms with E-state index in [9.17, 15) is 9.59 Å². The maximum absolute atomic E-state index is 12.7. The number of unbranched alkanes of at least 4 members (excludes halogenated alkanes) is 3. The highest BCUT2D eigenvalue weighted by molar-refractivity contribution is 6.25. The van der Waals surface area contributed by atoms with Crippen LogP contribution in [0.3, 0.4) is 0 Å². The second-order valence-electron chi connectivity index (χ2n) is 7.07. The molecule has 0 N–H and O–H groups in total. The molecule has 1 heterocycles. The summed E-state index contributed by atoms with van der Waals surface area (Å²) in [5, 5.41) is 1.77. The maximum Gasteiger partial charge on any atom is 0.261 e. The van der Waals surface area contributed by atoms with Gasteiger partial charge in [0, 0.05) is 23.1 Å². The summed E-state index contributed by atoms with van der Waals surface area (Å²) in [4.78, 5) is 26.9. The molecule has 0 atom stereocenters. The van der Waals surface area contributed by atoms with Crippen LogP contribution in [-0.4, -0.2) is 23.3 Å². The third-order valence-electron chi connectivity index (χ3n) is 4.77. The summed E-state index contributed by atoms with van der Waals surface area (Å²) in [6.07, 6.45) is 5.59. The highest BCUT2D eigenvalue weighted by Gasteiger charge is 2.31. The lowest BCUT2D eigenvalue weighted by Crippen LogP contribution is -2.40. The average Bonchev–Trinajstić information content (AvgIpc) is 2.58. The van der Waals surface area contributed by atoms with Crippen molar-refractivity contribution in [3.63, 3.8) is 0 Å². The molecule has 0 aliphatic carbocycles. The first-order valence-electron chi connectivity index (χ1n) is 8.97. The van der Waals surface area contributed by atoms with Gasteiger partial charge in [0.2, 0.25) is 0 Å². The fourth-order valence-corrected chi connectivity index (χ4v) is 3.46. The van der Waals surface area contributed by atoms with Crippen LogP contribution in [0.5, 0.6) is 0 Å². The van der Waals surface area contributed by atoms with Gasteiger partial charge in [-0.25, -0.2) is 0 Å². The summed E-state index contributed by atoms with van der Waals surface area (Å²) in [6.45, 7) is 5.00. The minimum atomic E-state index is -0.147. The molecule has 2 aromatic rings. The van der Waals surface area contributed by atoms with Gasteiger partial charge in [-0.15, -0.1) is 0 Å². The number of benzene rings is 2. The summed E-state index contributed by atoms with van der Waals surface area (Å²) in [6, 6.07) is 11.3. The van der Waals surface area contributed by atoms with Crippen molar-refractivity contribution >= 4 is 22.6 Å². The van der Waals surface area contributed by atoms with Gasteiger partial charge in [0.1, 0.15) is 0 Å². The van der Waals surface area contributed by atoms with Crippen molar-refractivity contribution in [2.75, 3.05) is 6.54 Å². The van der Waals surface area contributed by atoms with Crippen LogP contribution >= 0.6 is 0 Å². The van der Waals surface area contributed by atoms with Gasteiger partial charge in [0.05, 0.1) is 0 Å². The fraction of sp³-hybridized carbons (Fsp3) is 0.429. The molecule has 0 saturated carbocycles. The molecule has 3 rings (SSSR count). The van der Waals surface area contributed by atoms with Crippen LogP contribution in [-0.2, 0) is 0 Å². The summed E-state index contributed by atoms with van der Waals surface area (Å²) < 4.78 is 0. The molecule has 2 aromatic carbocycles. The summed E-state index contributed by atoms with van der Waals surface area (Å²) in [5.74, 6) is 0.449. The van der Waals surface area contributed by atoms with Gasteiger partial charge in [0.25, 0.3) is 11.8 Å². The standard InChI is InChI=1S/C21H25NO2/c1-15(2)9-5-3-4-6-14-22-20(23)17-12-7-10-16-11-8-13-18(19(16)17)21(22)24/h7-8,10-13,15H,3-6,9,14H2,1-2H3. The number of amides is 2. The lowest BCUT2D eigenvalue weighted by Gasteiger charge is -2.27. The van der Waals surface area contributed by atoms with Crippen molar-refractivity contribution in [2.45, 2.75) is 46.0 Å². The molecule has 0 saturated heterocycles. The Kier molecular flexibility index (Phi) is 4.98. The van der Waals surface area contributed by atoms with Crippen LogP contribution in [0.2, 0.25) is 0 Å². The number of rotatable bonds is 7. The third kappa shape index (κ3) is 3.21. The van der Waals surface area contributed by atoms with E-state index in [0.29, 0.717) is 17.7 Å². The molecule has 0 bridgehead atoms. The fourth-order valence-electron chi connectivity index (χ4n) is 3.46. The van der Waals surface area contributed by atoms with Gasteiger partial charge >= 0.3 is 0 Å². The molecule has 0 radical (unpaired) electrons. The van der Waals surface area contributed by atoms with Crippen molar-refractivity contribution in [3.8, 4) is 0 Å². The molecule has 3 heteroatoms. The van der Waals surface area contributed by atoms with Gasteiger partial charge < -0.3 is 0 Å². The lowest BCUT2D eigenvalue weighted by molar-refractivity contribution is 0.0607. The van der Waals surface area contributed by atoms with E-state index < -0.39 is 0 Å². The zero-order valence-corrected chi connectivity index (χ0v) is 14.5. The summed E-state index contributed by atoms with van der Waals surface area (Å²) in [7, 11) is 0. The SMILES string of the molecule is CC(C)CCCCCCN1C(=O)c2cccc3cccc(c23)C1=O. The minimum absolute atomic E-state index is 0.147. The zero-order valence-electron chi connectivity index (χ0n) is 14.5. The van der Waals surface area contributed by atoms with Crippen molar-refractivity contribution in [2.24, 2.45) is 5.92 Å². The number of carbonyl (C=O) groups is 2. The van der Waals surface area contributed by atoms with Crippen LogP contribution < -0.4 is 0 Å². The Balaban J connectivity index is 1.69.